The van der Waals surface area contributed by atoms with E-state index >= 15 is 0 Å². The van der Waals surface area contributed by atoms with E-state index in [0.29, 0.717) is 23.7 Å². The Balaban J connectivity index is 2.55. The van der Waals surface area contributed by atoms with Crippen molar-refractivity contribution < 1.29 is 9.53 Å². The number of carbonyl (C=O) groups is 1. The molecule has 18 heavy (non-hydrogen) atoms. The largest absolute Gasteiger partial charge is 0.461 e. The molecule has 0 saturated carbocycles. The summed E-state index contributed by atoms with van der Waals surface area (Å²) in [5.41, 5.74) is 1.83. The van der Waals surface area contributed by atoms with Gasteiger partial charge in [0.05, 0.1) is 12.2 Å². The number of aryl methyl sites for hydroxylation is 1. The number of rotatable bonds is 3. The third-order valence-electron chi connectivity index (χ3n) is 2.38. The van der Waals surface area contributed by atoms with Gasteiger partial charge in [-0.05, 0) is 35.8 Å². The monoisotopic (exact) mass is 309 g/mol. The fraction of sp³-hybridized carbons (Fsp3) is 0.250. The van der Waals surface area contributed by atoms with Crippen LogP contribution in [0.3, 0.4) is 0 Å². The summed E-state index contributed by atoms with van der Waals surface area (Å²) < 4.78 is 5.79. The zero-order valence-corrected chi connectivity index (χ0v) is 11.6. The minimum absolute atomic E-state index is 0.323. The molecule has 94 valence electrons. The van der Waals surface area contributed by atoms with Gasteiger partial charge in [0, 0.05) is 22.6 Å². The van der Waals surface area contributed by atoms with Gasteiger partial charge >= 0.3 is 5.97 Å². The van der Waals surface area contributed by atoms with Crippen LogP contribution in [0.15, 0.2) is 22.9 Å². The van der Waals surface area contributed by atoms with Gasteiger partial charge in [-0.3, -0.25) is 0 Å². The van der Waals surface area contributed by atoms with E-state index in [9.17, 15) is 4.79 Å². The molecule has 0 unspecified atom stereocenters. The minimum atomic E-state index is -0.409. The number of aromatic amines is 1. The molecule has 6 heteroatoms. The molecular formula is C12H12BrN3O2. The number of ether oxygens (including phenoxy) is 1. The van der Waals surface area contributed by atoms with Crippen LogP contribution in [0.4, 0.5) is 0 Å². The normalized spacial score (nSPS) is 10.4. The summed E-state index contributed by atoms with van der Waals surface area (Å²) in [7, 11) is 0. The number of aromatic nitrogens is 3. The average Bonchev–Trinajstić information content (AvgIpc) is 2.67. The highest BCUT2D eigenvalue weighted by Gasteiger charge is 2.22. The van der Waals surface area contributed by atoms with Crippen LogP contribution >= 0.6 is 15.9 Å². The summed E-state index contributed by atoms with van der Waals surface area (Å²) >= 11 is 3.44. The van der Waals surface area contributed by atoms with E-state index in [1.807, 2.05) is 6.92 Å². The van der Waals surface area contributed by atoms with Gasteiger partial charge in [0.25, 0.3) is 0 Å². The number of hydrogen-bond acceptors (Lipinski definition) is 4. The zero-order chi connectivity index (χ0) is 13.1. The Morgan fingerprint density at radius 1 is 1.44 bits per heavy atom. The Hall–Kier alpha value is -1.69. The second-order valence-electron chi connectivity index (χ2n) is 3.61. The first-order chi connectivity index (χ1) is 8.65. The minimum Gasteiger partial charge on any atom is -0.461 e. The number of hydrogen-bond donors (Lipinski definition) is 1. The molecule has 0 amide bonds. The Morgan fingerprint density at radius 2 is 2.11 bits per heavy atom. The van der Waals surface area contributed by atoms with Crippen LogP contribution in [0.25, 0.3) is 11.4 Å². The Morgan fingerprint density at radius 3 is 2.72 bits per heavy atom. The van der Waals surface area contributed by atoms with Gasteiger partial charge in [-0.2, -0.15) is 0 Å². The Kier molecular flexibility index (Phi) is 3.76. The standard InChI is InChI=1S/C12H12BrN3O2/c1-3-18-12(17)10-8(9(13)7(2)16-10)11-14-5-4-6-15-11/h4-6,16H,3H2,1-2H3. The average molecular weight is 310 g/mol. The van der Waals surface area contributed by atoms with E-state index in [0.717, 1.165) is 10.2 Å². The first-order valence-corrected chi connectivity index (χ1v) is 6.27. The first-order valence-electron chi connectivity index (χ1n) is 5.47. The summed E-state index contributed by atoms with van der Waals surface area (Å²) in [5.74, 6) is 0.0746. The fourth-order valence-electron chi connectivity index (χ4n) is 1.60. The molecule has 1 N–H and O–H groups in total. The highest BCUT2D eigenvalue weighted by molar-refractivity contribution is 9.10. The van der Waals surface area contributed by atoms with Gasteiger partial charge in [-0.1, -0.05) is 0 Å². The maximum Gasteiger partial charge on any atom is 0.355 e. The molecule has 0 atom stereocenters. The van der Waals surface area contributed by atoms with E-state index in [1.54, 1.807) is 25.4 Å². The Bertz CT molecular complexity index is 566. The van der Waals surface area contributed by atoms with Crippen LogP contribution < -0.4 is 0 Å². The molecule has 2 aromatic heterocycles. The fourth-order valence-corrected chi connectivity index (χ4v) is 2.07. The smallest absolute Gasteiger partial charge is 0.355 e. The van der Waals surface area contributed by atoms with Crippen molar-refractivity contribution in [3.8, 4) is 11.4 Å². The molecule has 2 aromatic rings. The summed E-state index contributed by atoms with van der Waals surface area (Å²) in [6, 6.07) is 1.72. The van der Waals surface area contributed by atoms with Gasteiger partial charge in [0.15, 0.2) is 5.82 Å². The second-order valence-corrected chi connectivity index (χ2v) is 4.40. The number of carbonyl (C=O) groups excluding carboxylic acids is 1. The first kappa shape index (κ1) is 12.8. The van der Waals surface area contributed by atoms with E-state index in [-0.39, 0.29) is 0 Å². The predicted molar refractivity (Wildman–Crippen MR) is 70.2 cm³/mol. The van der Waals surface area contributed by atoms with Gasteiger partial charge in [0.1, 0.15) is 5.69 Å². The highest BCUT2D eigenvalue weighted by atomic mass is 79.9. The zero-order valence-electron chi connectivity index (χ0n) is 10.0. The van der Waals surface area contributed by atoms with Crippen molar-refractivity contribution in [3.05, 3.63) is 34.3 Å². The van der Waals surface area contributed by atoms with Crippen LogP contribution in [0.5, 0.6) is 0 Å². The topological polar surface area (TPSA) is 67.9 Å². The number of nitrogens with zero attached hydrogens (tertiary/aromatic N) is 2. The van der Waals surface area contributed by atoms with Crippen LogP contribution in [-0.4, -0.2) is 27.5 Å². The van der Waals surface area contributed by atoms with Crippen molar-refractivity contribution in [1.29, 1.82) is 0 Å². The van der Waals surface area contributed by atoms with Gasteiger partial charge < -0.3 is 9.72 Å². The molecule has 0 radical (unpaired) electrons. The lowest BCUT2D eigenvalue weighted by Crippen LogP contribution is -2.07. The predicted octanol–water partition coefficient (Wildman–Crippen LogP) is 2.72. The quantitative estimate of drug-likeness (QED) is 0.885. The van der Waals surface area contributed by atoms with Gasteiger partial charge in [-0.15, -0.1) is 0 Å². The van der Waals surface area contributed by atoms with Crippen LogP contribution in [0.1, 0.15) is 23.1 Å². The van der Waals surface area contributed by atoms with Crippen LogP contribution in [-0.2, 0) is 4.74 Å². The summed E-state index contributed by atoms with van der Waals surface area (Å²) in [6.45, 7) is 3.95. The summed E-state index contributed by atoms with van der Waals surface area (Å²) in [4.78, 5) is 23.2. The second kappa shape index (κ2) is 5.30. The van der Waals surface area contributed by atoms with E-state index in [1.165, 1.54) is 0 Å². The van der Waals surface area contributed by atoms with E-state index in [2.05, 4.69) is 30.9 Å². The van der Waals surface area contributed by atoms with Crippen molar-refractivity contribution in [2.24, 2.45) is 0 Å². The third kappa shape index (κ3) is 2.28. The third-order valence-corrected chi connectivity index (χ3v) is 3.37. The molecule has 0 aliphatic heterocycles. The summed E-state index contributed by atoms with van der Waals surface area (Å²) in [6.07, 6.45) is 3.26. The van der Waals surface area contributed by atoms with Crippen molar-refractivity contribution in [1.82, 2.24) is 15.0 Å². The van der Waals surface area contributed by atoms with Crippen LogP contribution in [0.2, 0.25) is 0 Å². The molecule has 5 nitrogen and oxygen atoms in total. The molecule has 2 rings (SSSR count). The van der Waals surface area contributed by atoms with Gasteiger partial charge in [-0.25, -0.2) is 14.8 Å². The molecule has 0 fully saturated rings. The molecular weight excluding hydrogens is 298 g/mol. The molecule has 2 heterocycles. The molecule has 0 bridgehead atoms. The number of esters is 1. The van der Waals surface area contributed by atoms with E-state index in [4.69, 9.17) is 4.74 Å². The molecule has 0 aliphatic carbocycles. The van der Waals surface area contributed by atoms with Crippen molar-refractivity contribution in [3.63, 3.8) is 0 Å². The molecule has 0 aliphatic rings. The highest BCUT2D eigenvalue weighted by Crippen LogP contribution is 2.32. The lowest BCUT2D eigenvalue weighted by molar-refractivity contribution is 0.0521. The van der Waals surface area contributed by atoms with Crippen LogP contribution in [0, 0.1) is 6.92 Å². The molecule has 0 saturated heterocycles. The number of H-pyrrole nitrogens is 1. The van der Waals surface area contributed by atoms with Crippen molar-refractivity contribution >= 4 is 21.9 Å². The molecule has 0 spiro atoms. The Labute approximate surface area is 113 Å². The maximum atomic E-state index is 11.9. The molecule has 0 aromatic carbocycles. The number of nitrogens with one attached hydrogen (secondary N) is 1. The van der Waals surface area contributed by atoms with Crippen molar-refractivity contribution in [2.75, 3.05) is 6.61 Å². The van der Waals surface area contributed by atoms with Gasteiger partial charge in [0.2, 0.25) is 0 Å². The summed E-state index contributed by atoms with van der Waals surface area (Å²) in [5, 5.41) is 0. The van der Waals surface area contributed by atoms with E-state index < -0.39 is 5.97 Å². The number of halogens is 1. The maximum absolute atomic E-state index is 11.9. The SMILES string of the molecule is CCOC(=O)c1[nH]c(C)c(Br)c1-c1ncccn1. The lowest BCUT2D eigenvalue weighted by Gasteiger charge is -2.03. The lowest BCUT2D eigenvalue weighted by atomic mass is 10.2. The van der Waals surface area contributed by atoms with Crippen molar-refractivity contribution in [2.45, 2.75) is 13.8 Å².